The van der Waals surface area contributed by atoms with E-state index in [1.54, 1.807) is 0 Å². The first-order valence-corrected chi connectivity index (χ1v) is 13.1. The van der Waals surface area contributed by atoms with Gasteiger partial charge in [-0.2, -0.15) is 0 Å². The van der Waals surface area contributed by atoms with Crippen LogP contribution in [0.5, 0.6) is 0 Å². The van der Waals surface area contributed by atoms with Gasteiger partial charge in [0.1, 0.15) is 0 Å². The highest BCUT2D eigenvalue weighted by atomic mass is 16.5. The second kappa shape index (κ2) is 13.7. The first kappa shape index (κ1) is 26.5. The molecule has 2 aliphatic carbocycles. The number of nitrogens with zero attached hydrogens (tertiary/aromatic N) is 1. The van der Waals surface area contributed by atoms with Crippen molar-refractivity contribution < 1.29 is 24.2 Å². The Morgan fingerprint density at radius 2 is 1.82 bits per heavy atom. The van der Waals surface area contributed by atoms with E-state index in [1.807, 2.05) is 30.0 Å². The van der Waals surface area contributed by atoms with Gasteiger partial charge in [0.2, 0.25) is 0 Å². The minimum absolute atomic E-state index is 0.0428. The van der Waals surface area contributed by atoms with Gasteiger partial charge in [0.25, 0.3) is 0 Å². The normalized spacial score (nSPS) is 20.9. The average Bonchev–Trinajstić information content (AvgIpc) is 3.35. The van der Waals surface area contributed by atoms with Crippen molar-refractivity contribution >= 4 is 12.0 Å². The maximum Gasteiger partial charge on any atom is 0.336 e. The molecule has 2 atom stereocenters. The lowest BCUT2D eigenvalue weighted by molar-refractivity contribution is -0.0533. The zero-order valence-electron chi connectivity index (χ0n) is 20.9. The summed E-state index contributed by atoms with van der Waals surface area (Å²) in [5, 5.41) is 12.6. The molecule has 0 saturated heterocycles. The third-order valence-electron chi connectivity index (χ3n) is 7.14. The van der Waals surface area contributed by atoms with Crippen molar-refractivity contribution in [3.63, 3.8) is 0 Å². The van der Waals surface area contributed by atoms with Gasteiger partial charge in [0, 0.05) is 19.1 Å². The Labute approximate surface area is 204 Å². The molecule has 2 fully saturated rings. The Hall–Kier alpha value is -2.12. The highest BCUT2D eigenvalue weighted by Crippen LogP contribution is 2.27. The first-order valence-electron chi connectivity index (χ1n) is 13.1. The van der Waals surface area contributed by atoms with Crippen molar-refractivity contribution in [3.8, 4) is 0 Å². The molecule has 7 nitrogen and oxygen atoms in total. The Balaban J connectivity index is 1.46. The number of nitrogens with one attached hydrogen (secondary N) is 1. The number of carboxylic acid groups (broad SMARTS) is 1. The molecule has 2 amide bonds. The van der Waals surface area contributed by atoms with Crippen LogP contribution in [0.2, 0.25) is 0 Å². The fourth-order valence-corrected chi connectivity index (χ4v) is 5.22. The van der Waals surface area contributed by atoms with Gasteiger partial charge in [-0.15, -0.1) is 0 Å². The summed E-state index contributed by atoms with van der Waals surface area (Å²) in [5.41, 5.74) is 1.82. The van der Waals surface area contributed by atoms with Crippen LogP contribution in [0.1, 0.15) is 92.6 Å². The number of carbonyl (C=O) groups excluding carboxylic acids is 1. The quantitative estimate of drug-likeness (QED) is 0.402. The molecular weight excluding hydrogens is 432 g/mol. The predicted octanol–water partition coefficient (Wildman–Crippen LogP) is 5.29. The van der Waals surface area contributed by atoms with E-state index < -0.39 is 5.97 Å². The molecule has 2 N–H and O–H groups in total. The van der Waals surface area contributed by atoms with Crippen LogP contribution in [-0.2, 0) is 16.1 Å². The maximum absolute atomic E-state index is 12.8. The molecule has 34 heavy (non-hydrogen) atoms. The summed E-state index contributed by atoms with van der Waals surface area (Å²) in [7, 11) is 0. The Morgan fingerprint density at radius 1 is 1.09 bits per heavy atom. The zero-order chi connectivity index (χ0) is 24.3. The lowest BCUT2D eigenvalue weighted by atomic mass is 9.94. The zero-order valence-corrected chi connectivity index (χ0v) is 20.9. The molecule has 2 saturated carbocycles. The molecule has 0 unspecified atom stereocenters. The SMILES string of the molecule is CCCCNC(=O)N(CCO[C@@H]1CCC[C@H](OCc2cccc(C)c2C(=O)O)C1)C1CCCC1. The molecule has 1 aromatic rings. The van der Waals surface area contributed by atoms with Gasteiger partial charge < -0.3 is 24.8 Å². The van der Waals surface area contributed by atoms with Gasteiger partial charge in [-0.05, 0) is 63.0 Å². The van der Waals surface area contributed by atoms with E-state index >= 15 is 0 Å². The summed E-state index contributed by atoms with van der Waals surface area (Å²) >= 11 is 0. The van der Waals surface area contributed by atoms with Crippen molar-refractivity contribution in [2.24, 2.45) is 0 Å². The van der Waals surface area contributed by atoms with Crippen molar-refractivity contribution in [2.75, 3.05) is 19.7 Å². The van der Waals surface area contributed by atoms with Gasteiger partial charge in [-0.1, -0.05) is 44.4 Å². The highest BCUT2D eigenvalue weighted by molar-refractivity contribution is 5.91. The average molecular weight is 475 g/mol. The number of rotatable bonds is 12. The summed E-state index contributed by atoms with van der Waals surface area (Å²) in [5.74, 6) is -0.910. The van der Waals surface area contributed by atoms with Crippen LogP contribution < -0.4 is 5.32 Å². The second-order valence-corrected chi connectivity index (χ2v) is 9.72. The molecule has 3 rings (SSSR count). The minimum atomic E-state index is -0.910. The molecule has 2 aliphatic rings. The van der Waals surface area contributed by atoms with E-state index in [-0.39, 0.29) is 18.2 Å². The van der Waals surface area contributed by atoms with Crippen LogP contribution in [0, 0.1) is 6.92 Å². The number of ether oxygens (including phenoxy) is 2. The van der Waals surface area contributed by atoms with Crippen molar-refractivity contribution in [2.45, 2.75) is 103 Å². The van der Waals surface area contributed by atoms with Crippen LogP contribution in [0.15, 0.2) is 18.2 Å². The number of aryl methyl sites for hydroxylation is 1. The van der Waals surface area contributed by atoms with E-state index in [9.17, 15) is 14.7 Å². The molecule has 7 heteroatoms. The number of unbranched alkanes of at least 4 members (excludes halogenated alkanes) is 1. The molecule has 0 heterocycles. The molecule has 0 spiro atoms. The second-order valence-electron chi connectivity index (χ2n) is 9.72. The minimum Gasteiger partial charge on any atom is -0.478 e. The number of benzene rings is 1. The topological polar surface area (TPSA) is 88.1 Å². The summed E-state index contributed by atoms with van der Waals surface area (Å²) in [6.07, 6.45) is 10.6. The summed E-state index contributed by atoms with van der Waals surface area (Å²) in [4.78, 5) is 26.4. The molecule has 1 aromatic carbocycles. The van der Waals surface area contributed by atoms with Crippen LogP contribution in [0.3, 0.4) is 0 Å². The Kier molecular flexibility index (Phi) is 10.7. The fourth-order valence-electron chi connectivity index (χ4n) is 5.22. The fraction of sp³-hybridized carbons (Fsp3) is 0.704. The molecule has 0 aromatic heterocycles. The predicted molar refractivity (Wildman–Crippen MR) is 132 cm³/mol. The third-order valence-corrected chi connectivity index (χ3v) is 7.14. The number of aromatic carboxylic acids is 1. The first-order chi connectivity index (χ1) is 16.5. The summed E-state index contributed by atoms with van der Waals surface area (Å²) in [6.45, 7) is 6.13. The van der Waals surface area contributed by atoms with Gasteiger partial charge in [0.05, 0.1) is 31.0 Å². The molecular formula is C27H42N2O5. The van der Waals surface area contributed by atoms with Crippen LogP contribution in [0.4, 0.5) is 4.79 Å². The number of hydrogen-bond donors (Lipinski definition) is 2. The number of carbonyl (C=O) groups is 2. The molecule has 0 bridgehead atoms. The number of amides is 2. The summed E-state index contributed by atoms with van der Waals surface area (Å²) in [6, 6.07) is 5.89. The third kappa shape index (κ3) is 7.70. The Bertz CT molecular complexity index is 793. The van der Waals surface area contributed by atoms with Crippen LogP contribution in [0.25, 0.3) is 0 Å². The monoisotopic (exact) mass is 474 g/mol. The highest BCUT2D eigenvalue weighted by Gasteiger charge is 2.28. The number of hydrogen-bond acceptors (Lipinski definition) is 4. The van der Waals surface area contributed by atoms with Gasteiger partial charge in [0.15, 0.2) is 0 Å². The van der Waals surface area contributed by atoms with E-state index in [0.29, 0.717) is 31.4 Å². The number of carboxylic acids is 1. The van der Waals surface area contributed by atoms with Gasteiger partial charge in [-0.25, -0.2) is 9.59 Å². The molecule has 0 radical (unpaired) electrons. The van der Waals surface area contributed by atoms with Crippen LogP contribution >= 0.6 is 0 Å². The number of urea groups is 1. The van der Waals surface area contributed by atoms with Crippen LogP contribution in [-0.4, -0.2) is 60.0 Å². The largest absolute Gasteiger partial charge is 0.478 e. The van der Waals surface area contributed by atoms with Crippen molar-refractivity contribution in [1.82, 2.24) is 10.2 Å². The van der Waals surface area contributed by atoms with E-state index in [0.717, 1.165) is 69.0 Å². The summed E-state index contributed by atoms with van der Waals surface area (Å²) < 4.78 is 12.3. The van der Waals surface area contributed by atoms with Crippen molar-refractivity contribution in [3.05, 3.63) is 34.9 Å². The lowest BCUT2D eigenvalue weighted by Gasteiger charge is -2.32. The van der Waals surface area contributed by atoms with E-state index in [1.165, 1.54) is 12.8 Å². The lowest BCUT2D eigenvalue weighted by Crippen LogP contribution is -2.47. The standard InChI is InChI=1S/C27H42N2O5/c1-3-4-15-28-27(32)29(22-11-5-6-12-22)16-17-33-23-13-8-14-24(18-23)34-19-21-10-7-9-20(2)25(21)26(30)31/h7,9-10,22-24H,3-6,8,11-19H2,1-2H3,(H,28,32)(H,30,31)/t23-,24+/m1/s1. The van der Waals surface area contributed by atoms with Gasteiger partial charge in [-0.3, -0.25) is 0 Å². The van der Waals surface area contributed by atoms with E-state index in [4.69, 9.17) is 9.47 Å². The smallest absolute Gasteiger partial charge is 0.336 e. The molecule has 190 valence electrons. The van der Waals surface area contributed by atoms with E-state index in [2.05, 4.69) is 12.2 Å². The maximum atomic E-state index is 12.8. The van der Waals surface area contributed by atoms with Gasteiger partial charge >= 0.3 is 12.0 Å². The molecule has 0 aliphatic heterocycles. The van der Waals surface area contributed by atoms with Crippen molar-refractivity contribution in [1.29, 1.82) is 0 Å². The Morgan fingerprint density at radius 3 is 2.53 bits per heavy atom.